The van der Waals surface area contributed by atoms with Gasteiger partial charge in [-0.2, -0.15) is 0 Å². The average Bonchev–Trinajstić information content (AvgIpc) is 2.19. The summed E-state index contributed by atoms with van der Waals surface area (Å²) in [5, 5.41) is 0. The molecule has 0 aliphatic carbocycles. The molecule has 76 valence electrons. The van der Waals surface area contributed by atoms with Crippen LogP contribution in [0.2, 0.25) is 0 Å². The van der Waals surface area contributed by atoms with Gasteiger partial charge in [0, 0.05) is 16.6 Å². The van der Waals surface area contributed by atoms with Crippen LogP contribution in [0, 0.1) is 0 Å². The number of benzene rings is 1. The molecule has 1 aromatic rings. The minimum atomic E-state index is -1.18. The summed E-state index contributed by atoms with van der Waals surface area (Å²) in [6, 6.07) is 9.42. The van der Waals surface area contributed by atoms with Crippen LogP contribution in [0.15, 0.2) is 30.3 Å². The van der Waals surface area contributed by atoms with Crippen molar-refractivity contribution in [2.24, 2.45) is 0 Å². The Kier molecular flexibility index (Phi) is 4.32. The monoisotopic (exact) mass is 212 g/mol. The summed E-state index contributed by atoms with van der Waals surface area (Å²) < 4.78 is 15.8. The molecule has 1 unspecified atom stereocenters. The largest absolute Gasteiger partial charge is 0.468 e. The number of methoxy groups -OCH3 is 1. The summed E-state index contributed by atoms with van der Waals surface area (Å²) >= 11 is 0. The Labute approximate surface area is 85.5 Å². The minimum Gasteiger partial charge on any atom is -0.468 e. The summed E-state index contributed by atoms with van der Waals surface area (Å²) in [7, 11) is 0.118. The lowest BCUT2D eigenvalue weighted by atomic mass is 10.2. The van der Waals surface area contributed by atoms with E-state index >= 15 is 0 Å². The third-order valence-corrected chi connectivity index (χ3v) is 2.89. The van der Waals surface area contributed by atoms with Crippen molar-refractivity contribution in [2.75, 3.05) is 12.9 Å². The van der Waals surface area contributed by atoms with E-state index < -0.39 is 16.8 Å². The first-order chi connectivity index (χ1) is 6.72. The fraction of sp³-hybridized carbons (Fsp3) is 0.300. The number of esters is 1. The van der Waals surface area contributed by atoms with Crippen LogP contribution >= 0.6 is 0 Å². The van der Waals surface area contributed by atoms with E-state index in [1.807, 2.05) is 30.3 Å². The summed E-state index contributed by atoms with van der Waals surface area (Å²) in [5.41, 5.74) is 0.967. The van der Waals surface area contributed by atoms with Crippen LogP contribution < -0.4 is 0 Å². The number of rotatable bonds is 4. The number of hydrogen-bond acceptors (Lipinski definition) is 3. The first-order valence-corrected chi connectivity index (χ1v) is 5.67. The molecule has 0 bridgehead atoms. The second kappa shape index (κ2) is 5.54. The zero-order chi connectivity index (χ0) is 10.4. The van der Waals surface area contributed by atoms with Crippen LogP contribution in [0.25, 0.3) is 0 Å². The summed E-state index contributed by atoms with van der Waals surface area (Å²) in [5.74, 6) is -0.0688. The van der Waals surface area contributed by atoms with Gasteiger partial charge in [0.2, 0.25) is 0 Å². The topological polar surface area (TPSA) is 43.4 Å². The molecule has 14 heavy (non-hydrogen) atoms. The zero-order valence-electron chi connectivity index (χ0n) is 7.93. The van der Waals surface area contributed by atoms with Gasteiger partial charge in [0.1, 0.15) is 5.75 Å². The molecule has 0 saturated heterocycles. The molecule has 1 atom stereocenters. The molecular weight excluding hydrogens is 200 g/mol. The predicted octanol–water partition coefficient (Wildman–Crippen LogP) is 1.11. The molecule has 0 fully saturated rings. The van der Waals surface area contributed by atoms with Crippen molar-refractivity contribution in [1.29, 1.82) is 0 Å². The number of carbonyl (C=O) groups is 1. The maximum atomic E-state index is 11.4. The lowest BCUT2D eigenvalue weighted by Gasteiger charge is -2.00. The van der Waals surface area contributed by atoms with E-state index in [4.69, 9.17) is 0 Å². The molecule has 3 nitrogen and oxygen atoms in total. The molecule has 0 aliphatic rings. The highest BCUT2D eigenvalue weighted by atomic mass is 32.2. The lowest BCUT2D eigenvalue weighted by molar-refractivity contribution is -0.137. The van der Waals surface area contributed by atoms with Gasteiger partial charge in [-0.15, -0.1) is 0 Å². The van der Waals surface area contributed by atoms with Crippen molar-refractivity contribution in [3.8, 4) is 0 Å². The zero-order valence-corrected chi connectivity index (χ0v) is 8.75. The standard InChI is InChI=1S/C10H12O3S/c1-13-10(11)8-14(12)7-9-5-3-2-4-6-9/h2-6H,7-8H2,1H3. The van der Waals surface area contributed by atoms with Gasteiger partial charge in [-0.25, -0.2) is 0 Å². The Hall–Kier alpha value is -1.16. The smallest absolute Gasteiger partial charge is 0.318 e. The van der Waals surface area contributed by atoms with Crippen molar-refractivity contribution >= 4 is 16.8 Å². The van der Waals surface area contributed by atoms with E-state index in [-0.39, 0.29) is 5.75 Å². The summed E-state index contributed by atoms with van der Waals surface area (Å²) in [6.07, 6.45) is 0. The molecule has 0 heterocycles. The highest BCUT2D eigenvalue weighted by Crippen LogP contribution is 2.02. The first-order valence-electron chi connectivity index (χ1n) is 4.18. The maximum absolute atomic E-state index is 11.4. The van der Waals surface area contributed by atoms with Crippen LogP contribution in [0.1, 0.15) is 5.56 Å². The first kappa shape index (κ1) is 10.9. The van der Waals surface area contributed by atoms with E-state index in [0.717, 1.165) is 5.56 Å². The van der Waals surface area contributed by atoms with Gasteiger partial charge in [0.15, 0.2) is 0 Å². The Bertz CT molecular complexity index is 321. The summed E-state index contributed by atoms with van der Waals surface area (Å²) in [6.45, 7) is 0. The predicted molar refractivity (Wildman–Crippen MR) is 55.2 cm³/mol. The van der Waals surface area contributed by atoms with Crippen molar-refractivity contribution < 1.29 is 13.7 Å². The highest BCUT2D eigenvalue weighted by molar-refractivity contribution is 7.84. The van der Waals surface area contributed by atoms with E-state index in [1.54, 1.807) is 0 Å². The van der Waals surface area contributed by atoms with E-state index in [0.29, 0.717) is 5.75 Å². The van der Waals surface area contributed by atoms with Gasteiger partial charge < -0.3 is 4.74 Å². The quantitative estimate of drug-likeness (QED) is 0.702. The van der Waals surface area contributed by atoms with Gasteiger partial charge in [-0.05, 0) is 5.56 Å². The van der Waals surface area contributed by atoms with E-state index in [1.165, 1.54) is 7.11 Å². The molecule has 0 aliphatic heterocycles. The van der Waals surface area contributed by atoms with Gasteiger partial charge >= 0.3 is 5.97 Å². The minimum absolute atomic E-state index is 0.0363. The van der Waals surface area contributed by atoms with Crippen LogP contribution in [0.3, 0.4) is 0 Å². The normalized spacial score (nSPS) is 12.1. The molecule has 0 amide bonds. The van der Waals surface area contributed by atoms with Gasteiger partial charge in [0.05, 0.1) is 7.11 Å². The second-order valence-electron chi connectivity index (χ2n) is 2.79. The SMILES string of the molecule is COC(=O)CS(=O)Cc1ccccc1. The Balaban J connectivity index is 2.46. The third kappa shape index (κ3) is 3.70. The molecule has 0 saturated carbocycles. The van der Waals surface area contributed by atoms with Crippen molar-refractivity contribution in [1.82, 2.24) is 0 Å². The van der Waals surface area contributed by atoms with Crippen LogP contribution in [-0.4, -0.2) is 23.0 Å². The van der Waals surface area contributed by atoms with Crippen LogP contribution in [-0.2, 0) is 26.1 Å². The Morgan fingerprint density at radius 1 is 1.36 bits per heavy atom. The molecule has 4 heteroatoms. The van der Waals surface area contributed by atoms with E-state index in [9.17, 15) is 9.00 Å². The number of hydrogen-bond donors (Lipinski definition) is 0. The highest BCUT2D eigenvalue weighted by Gasteiger charge is 2.07. The molecule has 0 spiro atoms. The average molecular weight is 212 g/mol. The summed E-state index contributed by atoms with van der Waals surface area (Å²) in [4.78, 5) is 10.8. The maximum Gasteiger partial charge on any atom is 0.318 e. The lowest BCUT2D eigenvalue weighted by Crippen LogP contribution is -2.13. The molecule has 1 rings (SSSR count). The number of ether oxygens (including phenoxy) is 1. The van der Waals surface area contributed by atoms with Gasteiger partial charge in [-0.1, -0.05) is 30.3 Å². The molecular formula is C10H12O3S. The molecule has 1 aromatic carbocycles. The fourth-order valence-electron chi connectivity index (χ4n) is 1.00. The number of carbonyl (C=O) groups excluding carboxylic acids is 1. The van der Waals surface area contributed by atoms with Gasteiger partial charge in [0.25, 0.3) is 0 Å². The molecule has 0 N–H and O–H groups in total. The van der Waals surface area contributed by atoms with Crippen LogP contribution in [0.5, 0.6) is 0 Å². The van der Waals surface area contributed by atoms with Crippen molar-refractivity contribution in [3.05, 3.63) is 35.9 Å². The van der Waals surface area contributed by atoms with Crippen molar-refractivity contribution in [2.45, 2.75) is 5.75 Å². The fourth-order valence-corrected chi connectivity index (χ4v) is 2.05. The Morgan fingerprint density at radius 2 is 2.00 bits per heavy atom. The van der Waals surface area contributed by atoms with Crippen molar-refractivity contribution in [3.63, 3.8) is 0 Å². The van der Waals surface area contributed by atoms with E-state index in [2.05, 4.69) is 4.74 Å². The molecule has 0 aromatic heterocycles. The second-order valence-corrected chi connectivity index (χ2v) is 4.25. The Morgan fingerprint density at radius 3 is 2.57 bits per heavy atom. The van der Waals surface area contributed by atoms with Gasteiger partial charge in [-0.3, -0.25) is 9.00 Å². The molecule has 0 radical (unpaired) electrons. The third-order valence-electron chi connectivity index (χ3n) is 1.68. The van der Waals surface area contributed by atoms with Crippen LogP contribution in [0.4, 0.5) is 0 Å².